The van der Waals surface area contributed by atoms with Gasteiger partial charge in [0.25, 0.3) is 0 Å². The van der Waals surface area contributed by atoms with Crippen LogP contribution in [0, 0.1) is 0 Å². The molecule has 6 atom stereocenters. The minimum Gasteiger partial charge on any atom is -0.480 e. The second kappa shape index (κ2) is 23.5. The first-order chi connectivity index (χ1) is 27.8. The highest BCUT2D eigenvalue weighted by molar-refractivity contribution is 8.76. The molecule has 0 saturated heterocycles. The van der Waals surface area contributed by atoms with Gasteiger partial charge in [0.15, 0.2) is 0 Å². The summed E-state index contributed by atoms with van der Waals surface area (Å²) in [5, 5.41) is 0. The van der Waals surface area contributed by atoms with Gasteiger partial charge in [0.2, 0.25) is 17.7 Å². The predicted molar refractivity (Wildman–Crippen MR) is 248 cm³/mol. The Labute approximate surface area is 353 Å². The third-order valence-corrected chi connectivity index (χ3v) is 12.4. The standard InChI is InChI=1S/C30H38N4O2S2.C15H20N2OS/c1-5-35-29-26(18-24-15-11-8-12-16-24)31-22(4)27(34-29)19-37-38-20-28-30(36-6-2)33-25(21(3)32-28)17-23-13-9-7-10-14-23;1-3-18-15-14(10-19)16-11(2)13(17-15)9-12-7-5-4-6-8-12/h7-16,25-28H,5-6,17-20H2,1-4H3;4-8,13-14,19H,3,9-10H2,1-2H3/t25-,26-,27+,28+;13-,14+/m11/s1. The average molecular weight is 827 g/mol. The second-order valence-electron chi connectivity index (χ2n) is 13.9. The van der Waals surface area contributed by atoms with Crippen molar-refractivity contribution in [1.82, 2.24) is 0 Å². The fraction of sp³-hybridized carbons (Fsp3) is 0.467. The summed E-state index contributed by atoms with van der Waals surface area (Å²) in [7, 11) is 3.59. The molecule has 0 aliphatic carbocycles. The minimum absolute atomic E-state index is 0.0212. The van der Waals surface area contributed by atoms with Crippen molar-refractivity contribution in [1.29, 1.82) is 0 Å². The van der Waals surface area contributed by atoms with Crippen molar-refractivity contribution in [3.05, 3.63) is 108 Å². The van der Waals surface area contributed by atoms with Gasteiger partial charge in [-0.25, -0.2) is 15.0 Å². The highest BCUT2D eigenvalue weighted by Crippen LogP contribution is 2.29. The van der Waals surface area contributed by atoms with Crippen molar-refractivity contribution < 1.29 is 14.2 Å². The van der Waals surface area contributed by atoms with Gasteiger partial charge in [-0.1, -0.05) is 113 Å². The van der Waals surface area contributed by atoms with Gasteiger partial charge < -0.3 is 14.2 Å². The Morgan fingerprint density at radius 1 is 0.439 bits per heavy atom. The van der Waals surface area contributed by atoms with Gasteiger partial charge in [-0.05, 0) is 58.2 Å². The van der Waals surface area contributed by atoms with Crippen molar-refractivity contribution in [2.45, 2.75) is 97.1 Å². The van der Waals surface area contributed by atoms with Crippen LogP contribution in [0.4, 0.5) is 0 Å². The van der Waals surface area contributed by atoms with Gasteiger partial charge >= 0.3 is 0 Å². The van der Waals surface area contributed by atoms with E-state index in [2.05, 4.69) is 92.1 Å². The number of benzene rings is 3. The van der Waals surface area contributed by atoms with Crippen LogP contribution in [0.3, 0.4) is 0 Å². The SMILES string of the molecule is CCOC1=N[C@H](Cc2ccccc2)C(C)=N[C@H]1CS.CCOC1=N[C@H](Cc2ccccc2)C(C)=N[C@H]1CSSC[C@@H]1N=C(OCC)[C@@H](Cc2ccccc2)N=C1C. The molecule has 12 heteroatoms. The largest absolute Gasteiger partial charge is 0.480 e. The lowest BCUT2D eigenvalue weighted by molar-refractivity contribution is 0.307. The van der Waals surface area contributed by atoms with Crippen molar-refractivity contribution in [3.8, 4) is 0 Å². The molecule has 0 amide bonds. The predicted octanol–water partition coefficient (Wildman–Crippen LogP) is 8.95. The van der Waals surface area contributed by atoms with Crippen molar-refractivity contribution >= 4 is 69.0 Å². The van der Waals surface area contributed by atoms with Crippen LogP contribution in [0.15, 0.2) is 121 Å². The molecule has 0 saturated carbocycles. The third kappa shape index (κ3) is 13.6. The smallest absolute Gasteiger partial charge is 0.210 e. The Balaban J connectivity index is 0.000000273. The van der Waals surface area contributed by atoms with E-state index in [0.29, 0.717) is 25.6 Å². The summed E-state index contributed by atoms with van der Waals surface area (Å²) < 4.78 is 17.5. The molecule has 3 aliphatic heterocycles. The Hall–Kier alpha value is -3.87. The Morgan fingerprint density at radius 2 is 0.772 bits per heavy atom. The van der Waals surface area contributed by atoms with Gasteiger partial charge in [-0.3, -0.25) is 15.0 Å². The van der Waals surface area contributed by atoms with E-state index >= 15 is 0 Å². The zero-order valence-corrected chi connectivity index (χ0v) is 36.7. The fourth-order valence-electron chi connectivity index (χ4n) is 6.65. The molecule has 0 aromatic heterocycles. The first kappa shape index (κ1) is 44.2. The molecule has 0 bridgehead atoms. The van der Waals surface area contributed by atoms with Crippen LogP contribution < -0.4 is 0 Å². The summed E-state index contributed by atoms with van der Waals surface area (Å²) in [6, 6.07) is 31.2. The lowest BCUT2D eigenvalue weighted by Gasteiger charge is -2.26. The van der Waals surface area contributed by atoms with Crippen LogP contribution in [-0.4, -0.2) is 108 Å². The lowest BCUT2D eigenvalue weighted by Crippen LogP contribution is -2.36. The maximum atomic E-state index is 5.94. The molecule has 0 N–H and O–H groups in total. The van der Waals surface area contributed by atoms with E-state index in [9.17, 15) is 0 Å². The molecular weight excluding hydrogens is 769 g/mol. The average Bonchev–Trinajstić information content (AvgIpc) is 3.22. The van der Waals surface area contributed by atoms with Crippen LogP contribution in [0.2, 0.25) is 0 Å². The summed E-state index contributed by atoms with van der Waals surface area (Å²) >= 11 is 4.32. The number of hydrogen-bond donors (Lipinski definition) is 1. The van der Waals surface area contributed by atoms with Crippen molar-refractivity contribution in [2.24, 2.45) is 30.0 Å². The second-order valence-corrected chi connectivity index (χ2v) is 16.8. The molecule has 57 heavy (non-hydrogen) atoms. The molecule has 0 radical (unpaired) electrons. The van der Waals surface area contributed by atoms with Crippen LogP contribution >= 0.6 is 34.2 Å². The molecular formula is C45H58N6O3S3. The molecule has 3 aromatic rings. The third-order valence-electron chi connectivity index (χ3n) is 9.63. The maximum absolute atomic E-state index is 5.94. The molecule has 0 spiro atoms. The van der Waals surface area contributed by atoms with Gasteiger partial charge in [-0.2, -0.15) is 12.6 Å². The van der Waals surface area contributed by atoms with Crippen molar-refractivity contribution in [2.75, 3.05) is 37.1 Å². The van der Waals surface area contributed by atoms with Crippen molar-refractivity contribution in [3.63, 3.8) is 0 Å². The first-order valence-corrected chi connectivity index (χ1v) is 23.1. The van der Waals surface area contributed by atoms with E-state index in [0.717, 1.165) is 65.6 Å². The molecule has 0 fully saturated rings. The van der Waals surface area contributed by atoms with Gasteiger partial charge in [0.1, 0.15) is 24.2 Å². The summed E-state index contributed by atoms with van der Waals surface area (Å²) in [4.78, 5) is 29.3. The van der Waals surface area contributed by atoms with Crippen LogP contribution in [-0.2, 0) is 33.5 Å². The molecule has 3 aromatic carbocycles. The fourth-order valence-corrected chi connectivity index (χ4v) is 9.22. The topological polar surface area (TPSA) is 102 Å². The highest BCUT2D eigenvalue weighted by Gasteiger charge is 2.29. The number of aliphatic imine (C=N–C) groups is 6. The van der Waals surface area contributed by atoms with Gasteiger partial charge in [0, 0.05) is 53.7 Å². The molecule has 0 unspecified atom stereocenters. The Bertz CT molecular complexity index is 1870. The quantitative estimate of drug-likeness (QED) is 0.0937. The number of rotatable bonds is 15. The Morgan fingerprint density at radius 3 is 1.21 bits per heavy atom. The van der Waals surface area contributed by atoms with Gasteiger partial charge in [-0.15, -0.1) is 0 Å². The minimum atomic E-state index is -0.0571. The van der Waals surface area contributed by atoms with E-state index in [4.69, 9.17) is 39.2 Å². The molecule has 3 heterocycles. The van der Waals surface area contributed by atoms with E-state index in [-0.39, 0.29) is 36.3 Å². The summed E-state index contributed by atoms with van der Waals surface area (Å²) in [6.07, 6.45) is 2.51. The zero-order chi connectivity index (χ0) is 40.4. The van der Waals surface area contributed by atoms with Crippen LogP contribution in [0.1, 0.15) is 58.2 Å². The molecule has 3 aliphatic rings. The summed E-state index contributed by atoms with van der Waals surface area (Å²) in [5.74, 6) is 4.50. The van der Waals surface area contributed by atoms with E-state index < -0.39 is 0 Å². The van der Waals surface area contributed by atoms with E-state index in [1.165, 1.54) is 16.7 Å². The first-order valence-electron chi connectivity index (χ1n) is 20.0. The zero-order valence-electron chi connectivity index (χ0n) is 34.2. The number of ether oxygens (including phenoxy) is 3. The maximum Gasteiger partial charge on any atom is 0.210 e. The highest BCUT2D eigenvalue weighted by atomic mass is 33.1. The van der Waals surface area contributed by atoms with Gasteiger partial charge in [0.05, 0.1) is 31.9 Å². The monoisotopic (exact) mass is 826 g/mol. The lowest BCUT2D eigenvalue weighted by atomic mass is 10.0. The Kier molecular flexibility index (Phi) is 18.2. The summed E-state index contributed by atoms with van der Waals surface area (Å²) in [5.41, 5.74) is 6.97. The van der Waals surface area contributed by atoms with Crippen LogP contribution in [0.5, 0.6) is 0 Å². The molecule has 9 nitrogen and oxygen atoms in total. The summed E-state index contributed by atoms with van der Waals surface area (Å²) in [6.45, 7) is 14.0. The normalized spacial score (nSPS) is 23.0. The number of nitrogens with zero attached hydrogens (tertiary/aromatic N) is 6. The molecule has 304 valence electrons. The molecule has 6 rings (SSSR count). The number of thiol groups is 1. The number of hydrogen-bond acceptors (Lipinski definition) is 12. The van der Waals surface area contributed by atoms with E-state index in [1.54, 1.807) is 21.6 Å². The van der Waals surface area contributed by atoms with Crippen LogP contribution in [0.25, 0.3) is 0 Å². The van der Waals surface area contributed by atoms with E-state index in [1.807, 2.05) is 58.0 Å².